The van der Waals surface area contributed by atoms with Gasteiger partial charge in [0.1, 0.15) is 0 Å². The van der Waals surface area contributed by atoms with Crippen molar-refractivity contribution in [1.82, 2.24) is 4.90 Å². The molecule has 0 radical (unpaired) electrons. The van der Waals surface area contributed by atoms with E-state index in [1.807, 2.05) is 0 Å². The average Bonchev–Trinajstić information content (AvgIpc) is 2.57. The van der Waals surface area contributed by atoms with Gasteiger partial charge in [0.2, 0.25) is 0 Å². The number of halogens is 5. The van der Waals surface area contributed by atoms with Crippen molar-refractivity contribution in [1.29, 1.82) is 0 Å². The zero-order chi connectivity index (χ0) is 21.6. The summed E-state index contributed by atoms with van der Waals surface area (Å²) < 4.78 is 37.0. The highest BCUT2D eigenvalue weighted by Gasteiger charge is 2.30. The van der Waals surface area contributed by atoms with E-state index in [-0.39, 0.29) is 27.0 Å². The minimum absolute atomic E-state index is 0.0203. The van der Waals surface area contributed by atoms with Crippen LogP contribution in [0.2, 0.25) is 10.0 Å². The Labute approximate surface area is 168 Å². The molecule has 0 saturated carbocycles. The molecule has 0 saturated heterocycles. The molecule has 0 unspecified atom stereocenters. The van der Waals surface area contributed by atoms with Crippen molar-refractivity contribution in [3.63, 3.8) is 0 Å². The van der Waals surface area contributed by atoms with Crippen LogP contribution in [0.15, 0.2) is 36.4 Å². The number of carboxylic acid groups (broad SMARTS) is 1. The molecule has 0 atom stereocenters. The predicted octanol–water partition coefficient (Wildman–Crippen LogP) is 5.07. The van der Waals surface area contributed by atoms with E-state index in [0.29, 0.717) is 0 Å². The number of aromatic carboxylic acids is 1. The SMILES string of the molecule is CN(C)C(=O)Nc1cccc(C(F)(F)F)c1.Nc1cc(Cl)cc(C(=O)O)c1Cl. The number of amides is 2. The number of carbonyl (C=O) groups excluding carboxylic acids is 1. The smallest absolute Gasteiger partial charge is 0.416 e. The number of carbonyl (C=O) groups is 2. The Morgan fingerprint density at radius 1 is 1.14 bits per heavy atom. The Morgan fingerprint density at radius 3 is 2.25 bits per heavy atom. The summed E-state index contributed by atoms with van der Waals surface area (Å²) in [5.74, 6) is -1.14. The second-order valence-electron chi connectivity index (χ2n) is 5.56. The van der Waals surface area contributed by atoms with Gasteiger partial charge in [0.05, 0.1) is 21.8 Å². The summed E-state index contributed by atoms with van der Waals surface area (Å²) in [6.07, 6.45) is -4.40. The number of nitrogens with one attached hydrogen (secondary N) is 1. The van der Waals surface area contributed by atoms with Gasteiger partial charge in [0.15, 0.2) is 0 Å². The molecule has 2 rings (SSSR count). The van der Waals surface area contributed by atoms with Crippen LogP contribution in [-0.4, -0.2) is 36.1 Å². The molecule has 0 aliphatic heterocycles. The maximum absolute atomic E-state index is 12.3. The minimum atomic E-state index is -4.40. The molecule has 0 heterocycles. The van der Waals surface area contributed by atoms with Crippen LogP contribution in [-0.2, 0) is 6.18 Å². The average molecular weight is 438 g/mol. The topological polar surface area (TPSA) is 95.7 Å². The third-order valence-corrected chi connectivity index (χ3v) is 3.78. The molecule has 2 aromatic rings. The summed E-state index contributed by atoms with van der Waals surface area (Å²) >= 11 is 11.2. The van der Waals surface area contributed by atoms with Crippen molar-refractivity contribution < 1.29 is 27.9 Å². The first-order chi connectivity index (χ1) is 12.8. The van der Waals surface area contributed by atoms with Gasteiger partial charge in [-0.25, -0.2) is 9.59 Å². The number of nitrogen functional groups attached to an aromatic ring is 1. The van der Waals surface area contributed by atoms with Crippen LogP contribution >= 0.6 is 23.2 Å². The Bertz CT molecular complexity index is 874. The van der Waals surface area contributed by atoms with Crippen LogP contribution in [0.4, 0.5) is 29.3 Å². The van der Waals surface area contributed by atoms with Gasteiger partial charge in [-0.1, -0.05) is 29.3 Å². The van der Waals surface area contributed by atoms with E-state index >= 15 is 0 Å². The number of benzene rings is 2. The number of nitrogens with two attached hydrogens (primary N) is 1. The van der Waals surface area contributed by atoms with E-state index in [0.717, 1.165) is 12.1 Å². The van der Waals surface area contributed by atoms with Crippen LogP contribution < -0.4 is 11.1 Å². The molecule has 0 aliphatic carbocycles. The van der Waals surface area contributed by atoms with Crippen molar-refractivity contribution in [3.8, 4) is 0 Å². The number of hydrogen-bond acceptors (Lipinski definition) is 3. The number of hydrogen-bond donors (Lipinski definition) is 3. The number of carboxylic acids is 1. The van der Waals surface area contributed by atoms with E-state index in [4.69, 9.17) is 34.0 Å². The first kappa shape index (κ1) is 23.4. The summed E-state index contributed by atoms with van der Waals surface area (Å²) in [5, 5.41) is 11.2. The van der Waals surface area contributed by atoms with Crippen LogP contribution in [0.25, 0.3) is 0 Å². The maximum atomic E-state index is 12.3. The zero-order valence-electron chi connectivity index (χ0n) is 14.6. The van der Waals surface area contributed by atoms with Crippen LogP contribution in [0.3, 0.4) is 0 Å². The van der Waals surface area contributed by atoms with Crippen LogP contribution in [0, 0.1) is 0 Å². The van der Waals surface area contributed by atoms with E-state index in [1.54, 1.807) is 0 Å². The molecule has 2 aromatic carbocycles. The maximum Gasteiger partial charge on any atom is 0.416 e. The van der Waals surface area contributed by atoms with Crippen molar-refractivity contribution in [2.45, 2.75) is 6.18 Å². The monoisotopic (exact) mass is 437 g/mol. The number of rotatable bonds is 2. The molecule has 0 bridgehead atoms. The standard InChI is InChI=1S/C10H11F3N2O.C7H5Cl2NO2/c1-15(2)9(16)14-8-5-3-4-7(6-8)10(11,12)13;8-3-1-4(7(11)12)6(9)5(10)2-3/h3-6H,1-2H3,(H,14,16);1-2H,10H2,(H,11,12). The molecular formula is C17H16Cl2F3N3O3. The Balaban J connectivity index is 0.000000292. The molecule has 0 aliphatic rings. The molecular weight excluding hydrogens is 422 g/mol. The summed E-state index contributed by atoms with van der Waals surface area (Å²) in [6, 6.07) is 6.66. The molecule has 0 spiro atoms. The molecule has 0 aromatic heterocycles. The number of anilines is 2. The molecule has 152 valence electrons. The fraction of sp³-hybridized carbons (Fsp3) is 0.176. The summed E-state index contributed by atoms with van der Waals surface area (Å²) in [6.45, 7) is 0. The second kappa shape index (κ2) is 9.52. The Kier molecular flexibility index (Phi) is 7.95. The van der Waals surface area contributed by atoms with E-state index in [9.17, 15) is 22.8 Å². The van der Waals surface area contributed by atoms with Crippen LogP contribution in [0.5, 0.6) is 0 Å². The van der Waals surface area contributed by atoms with E-state index in [2.05, 4.69) is 5.32 Å². The van der Waals surface area contributed by atoms with Gasteiger partial charge in [0, 0.05) is 24.8 Å². The Hall–Kier alpha value is -2.65. The van der Waals surface area contributed by atoms with Crippen molar-refractivity contribution in [3.05, 3.63) is 57.6 Å². The van der Waals surface area contributed by atoms with Gasteiger partial charge in [-0.05, 0) is 30.3 Å². The third-order valence-electron chi connectivity index (χ3n) is 3.14. The third kappa shape index (κ3) is 6.82. The van der Waals surface area contributed by atoms with Gasteiger partial charge in [-0.2, -0.15) is 13.2 Å². The van der Waals surface area contributed by atoms with E-state index < -0.39 is 23.7 Å². The molecule has 28 heavy (non-hydrogen) atoms. The number of urea groups is 1. The largest absolute Gasteiger partial charge is 0.478 e. The number of nitrogens with zero attached hydrogens (tertiary/aromatic N) is 1. The van der Waals surface area contributed by atoms with Gasteiger partial charge in [-0.15, -0.1) is 0 Å². The lowest BCUT2D eigenvalue weighted by Gasteiger charge is -2.13. The fourth-order valence-corrected chi connectivity index (χ4v) is 2.19. The molecule has 0 fully saturated rings. The predicted molar refractivity (Wildman–Crippen MR) is 102 cm³/mol. The lowest BCUT2D eigenvalue weighted by atomic mass is 10.2. The quantitative estimate of drug-likeness (QED) is 0.571. The van der Waals surface area contributed by atoms with Crippen LogP contribution in [0.1, 0.15) is 15.9 Å². The lowest BCUT2D eigenvalue weighted by Crippen LogP contribution is -2.27. The Morgan fingerprint density at radius 2 is 1.75 bits per heavy atom. The molecule has 11 heteroatoms. The van der Waals surface area contributed by atoms with Gasteiger partial charge in [0.25, 0.3) is 0 Å². The number of alkyl halides is 3. The van der Waals surface area contributed by atoms with Crippen molar-refractivity contribution >= 4 is 46.6 Å². The summed E-state index contributed by atoms with van der Waals surface area (Å²) in [5.41, 5.74) is 4.80. The first-order valence-corrected chi connectivity index (χ1v) is 8.22. The van der Waals surface area contributed by atoms with Crippen molar-refractivity contribution in [2.24, 2.45) is 0 Å². The van der Waals surface area contributed by atoms with Crippen molar-refractivity contribution in [2.75, 3.05) is 25.1 Å². The molecule has 6 nitrogen and oxygen atoms in total. The molecule has 4 N–H and O–H groups in total. The normalized spacial score (nSPS) is 10.5. The van der Waals surface area contributed by atoms with Gasteiger partial charge >= 0.3 is 18.2 Å². The van der Waals surface area contributed by atoms with Gasteiger partial charge < -0.3 is 21.1 Å². The highest BCUT2D eigenvalue weighted by Crippen LogP contribution is 2.30. The highest BCUT2D eigenvalue weighted by atomic mass is 35.5. The minimum Gasteiger partial charge on any atom is -0.478 e. The van der Waals surface area contributed by atoms with Gasteiger partial charge in [-0.3, -0.25) is 0 Å². The highest BCUT2D eigenvalue weighted by molar-refractivity contribution is 6.37. The van der Waals surface area contributed by atoms with E-state index in [1.165, 1.54) is 43.3 Å². The first-order valence-electron chi connectivity index (χ1n) is 7.46. The fourth-order valence-electron chi connectivity index (χ4n) is 1.77. The summed E-state index contributed by atoms with van der Waals surface area (Å²) in [7, 11) is 3.01. The lowest BCUT2D eigenvalue weighted by molar-refractivity contribution is -0.137. The molecule has 2 amide bonds. The second-order valence-corrected chi connectivity index (χ2v) is 6.38. The summed E-state index contributed by atoms with van der Waals surface area (Å²) in [4.78, 5) is 23.0. The zero-order valence-corrected chi connectivity index (χ0v) is 16.2.